The summed E-state index contributed by atoms with van der Waals surface area (Å²) >= 11 is 6.57. The second-order valence-electron chi connectivity index (χ2n) is 9.01. The monoisotopic (exact) mass is 467 g/mol. The Hall–Kier alpha value is -3.57. The molecule has 2 amide bonds. The number of terminal acetylenes is 1. The van der Waals surface area contributed by atoms with Crippen molar-refractivity contribution in [3.8, 4) is 23.5 Å². The number of pyridine rings is 1. The largest absolute Gasteiger partial charge is 0.465 e. The Morgan fingerprint density at radius 1 is 1.33 bits per heavy atom. The van der Waals surface area contributed by atoms with Gasteiger partial charge in [-0.15, -0.1) is 6.42 Å². The summed E-state index contributed by atoms with van der Waals surface area (Å²) in [6.45, 7) is 7.43. The Morgan fingerprint density at radius 3 is 2.64 bits per heavy atom. The molecule has 172 valence electrons. The third-order valence-corrected chi connectivity index (χ3v) is 5.52. The lowest BCUT2D eigenvalue weighted by atomic mass is 9.95. The van der Waals surface area contributed by atoms with Gasteiger partial charge in [-0.25, -0.2) is 9.78 Å². The number of hydrogen-bond acceptors (Lipinski definition) is 4. The van der Waals surface area contributed by atoms with Crippen molar-refractivity contribution in [3.05, 3.63) is 41.2 Å². The summed E-state index contributed by atoms with van der Waals surface area (Å²) in [5, 5.41) is 17.8. The third kappa shape index (κ3) is 5.10. The van der Waals surface area contributed by atoms with Crippen molar-refractivity contribution in [2.24, 2.45) is 12.5 Å². The van der Waals surface area contributed by atoms with Gasteiger partial charge in [0.15, 0.2) is 0 Å². The second-order valence-corrected chi connectivity index (χ2v) is 9.39. The third-order valence-electron chi connectivity index (χ3n) is 5.13. The predicted molar refractivity (Wildman–Crippen MR) is 129 cm³/mol. The number of nitrogens with zero attached hydrogens (tertiary/aromatic N) is 4. The van der Waals surface area contributed by atoms with E-state index < -0.39 is 18.0 Å². The molecule has 0 saturated heterocycles. The molecule has 0 radical (unpaired) electrons. The molecule has 0 aliphatic heterocycles. The van der Waals surface area contributed by atoms with Gasteiger partial charge < -0.3 is 10.4 Å². The molecule has 0 bridgehead atoms. The summed E-state index contributed by atoms with van der Waals surface area (Å²) in [5.41, 5.74) is 2.06. The number of anilines is 1. The molecule has 1 aromatic carbocycles. The fourth-order valence-corrected chi connectivity index (χ4v) is 3.84. The predicted octanol–water partition coefficient (Wildman–Crippen LogP) is 4.62. The Labute approximate surface area is 197 Å². The summed E-state index contributed by atoms with van der Waals surface area (Å²) in [4.78, 5) is 30.1. The standard InChI is InChI=1S/C24H26ClN5O3/c1-7-18-20(25)17(16-10-8-9-15-12-26-29(6)21(15)16)11-19(27-18)28-22(31)14(2)30(23(32)33)13-24(3,4)5/h1,8-12,14H,13H2,2-6H3,(H,32,33)(H,27,28,31). The molecule has 9 heteroatoms. The zero-order chi connectivity index (χ0) is 24.5. The number of halogens is 1. The van der Waals surface area contributed by atoms with Gasteiger partial charge in [0.05, 0.1) is 16.7 Å². The van der Waals surface area contributed by atoms with E-state index >= 15 is 0 Å². The number of carbonyl (C=O) groups is 2. The molecule has 3 aromatic rings. The number of carbonyl (C=O) groups excluding carboxylic acids is 1. The first kappa shape index (κ1) is 24.1. The van der Waals surface area contributed by atoms with Crippen molar-refractivity contribution >= 4 is 40.3 Å². The molecule has 0 aliphatic carbocycles. The zero-order valence-electron chi connectivity index (χ0n) is 19.2. The number of amides is 2. The van der Waals surface area contributed by atoms with E-state index in [1.54, 1.807) is 16.9 Å². The van der Waals surface area contributed by atoms with Crippen LogP contribution in [0.1, 0.15) is 33.4 Å². The second kappa shape index (κ2) is 9.12. The van der Waals surface area contributed by atoms with Crippen molar-refractivity contribution in [1.82, 2.24) is 19.7 Å². The Balaban J connectivity index is 2.01. The summed E-state index contributed by atoms with van der Waals surface area (Å²) < 4.78 is 1.73. The molecule has 0 fully saturated rings. The molecule has 2 N–H and O–H groups in total. The van der Waals surface area contributed by atoms with Crippen LogP contribution in [0.25, 0.3) is 22.0 Å². The summed E-state index contributed by atoms with van der Waals surface area (Å²) in [5.74, 6) is 2.11. The maximum atomic E-state index is 12.9. The molecule has 33 heavy (non-hydrogen) atoms. The topological polar surface area (TPSA) is 100 Å². The SMILES string of the molecule is C#Cc1nc(NC(=O)C(C)N(CC(C)(C)C)C(=O)O)cc(-c2cccc3cnn(C)c23)c1Cl. The van der Waals surface area contributed by atoms with Gasteiger partial charge in [-0.3, -0.25) is 14.4 Å². The number of benzene rings is 1. The fraction of sp³-hybridized carbons (Fsp3) is 0.333. The van der Waals surface area contributed by atoms with Gasteiger partial charge in [0.1, 0.15) is 17.6 Å². The Morgan fingerprint density at radius 2 is 2.03 bits per heavy atom. The van der Waals surface area contributed by atoms with E-state index in [0.29, 0.717) is 5.56 Å². The lowest BCUT2D eigenvalue weighted by molar-refractivity contribution is -0.120. The van der Waals surface area contributed by atoms with Crippen molar-refractivity contribution in [3.63, 3.8) is 0 Å². The number of carboxylic acid groups (broad SMARTS) is 1. The summed E-state index contributed by atoms with van der Waals surface area (Å²) in [7, 11) is 1.82. The molecule has 1 atom stereocenters. The quantitative estimate of drug-likeness (QED) is 0.533. The van der Waals surface area contributed by atoms with Gasteiger partial charge in [-0.2, -0.15) is 5.10 Å². The minimum absolute atomic E-state index is 0.168. The highest BCUT2D eigenvalue weighted by Crippen LogP contribution is 2.36. The van der Waals surface area contributed by atoms with E-state index in [1.807, 2.05) is 46.0 Å². The first-order chi connectivity index (χ1) is 15.4. The number of aryl methyl sites for hydroxylation is 1. The van der Waals surface area contributed by atoms with Gasteiger partial charge >= 0.3 is 6.09 Å². The zero-order valence-corrected chi connectivity index (χ0v) is 19.9. The first-order valence-electron chi connectivity index (χ1n) is 10.3. The lowest BCUT2D eigenvalue weighted by Gasteiger charge is -2.31. The van der Waals surface area contributed by atoms with Crippen LogP contribution < -0.4 is 5.32 Å². The maximum Gasteiger partial charge on any atom is 0.407 e. The minimum Gasteiger partial charge on any atom is -0.465 e. The van der Waals surface area contributed by atoms with Gasteiger partial charge in [0, 0.05) is 30.1 Å². The molecular weight excluding hydrogens is 442 g/mol. The highest BCUT2D eigenvalue weighted by molar-refractivity contribution is 6.34. The average Bonchev–Trinajstić information content (AvgIpc) is 3.13. The van der Waals surface area contributed by atoms with Crippen LogP contribution >= 0.6 is 11.6 Å². The highest BCUT2D eigenvalue weighted by Gasteiger charge is 2.30. The number of fused-ring (bicyclic) bond motifs is 1. The molecule has 1 unspecified atom stereocenters. The van der Waals surface area contributed by atoms with Crippen molar-refractivity contribution in [2.75, 3.05) is 11.9 Å². The molecule has 8 nitrogen and oxygen atoms in total. The normalized spacial score (nSPS) is 12.3. The van der Waals surface area contributed by atoms with Crippen molar-refractivity contribution in [1.29, 1.82) is 0 Å². The first-order valence-corrected chi connectivity index (χ1v) is 10.7. The average molecular weight is 468 g/mol. The molecule has 0 saturated carbocycles. The lowest BCUT2D eigenvalue weighted by Crippen LogP contribution is -2.48. The van der Waals surface area contributed by atoms with Crippen LogP contribution in [0, 0.1) is 17.8 Å². The summed E-state index contributed by atoms with van der Waals surface area (Å²) in [6, 6.07) is 6.38. The minimum atomic E-state index is -1.18. The number of hydrogen-bond donors (Lipinski definition) is 2. The highest BCUT2D eigenvalue weighted by atomic mass is 35.5. The maximum absolute atomic E-state index is 12.9. The summed E-state index contributed by atoms with van der Waals surface area (Å²) in [6.07, 6.45) is 6.19. The molecular formula is C24H26ClN5O3. The van der Waals surface area contributed by atoms with Gasteiger partial charge in [-0.05, 0) is 24.3 Å². The van der Waals surface area contributed by atoms with Gasteiger partial charge in [0.25, 0.3) is 0 Å². The fourth-order valence-electron chi connectivity index (χ4n) is 3.59. The van der Waals surface area contributed by atoms with E-state index in [1.165, 1.54) is 6.92 Å². The van der Waals surface area contributed by atoms with Crippen LogP contribution in [0.3, 0.4) is 0 Å². The van der Waals surface area contributed by atoms with E-state index in [0.717, 1.165) is 21.4 Å². The van der Waals surface area contributed by atoms with Crippen LogP contribution in [0.4, 0.5) is 10.6 Å². The molecule has 3 rings (SSSR count). The molecule has 0 spiro atoms. The van der Waals surface area contributed by atoms with Crippen molar-refractivity contribution < 1.29 is 14.7 Å². The van der Waals surface area contributed by atoms with Crippen LogP contribution in [-0.2, 0) is 11.8 Å². The number of aromatic nitrogens is 3. The van der Waals surface area contributed by atoms with Crippen LogP contribution in [0.2, 0.25) is 5.02 Å². The van der Waals surface area contributed by atoms with E-state index in [4.69, 9.17) is 18.0 Å². The molecule has 0 aliphatic rings. The molecule has 2 heterocycles. The number of para-hydroxylation sites is 1. The van der Waals surface area contributed by atoms with Crippen LogP contribution in [-0.4, -0.2) is 49.4 Å². The van der Waals surface area contributed by atoms with E-state index in [2.05, 4.69) is 21.3 Å². The Kier molecular flexibility index (Phi) is 6.65. The van der Waals surface area contributed by atoms with Crippen LogP contribution in [0.15, 0.2) is 30.5 Å². The smallest absolute Gasteiger partial charge is 0.407 e. The Bertz CT molecular complexity index is 1270. The van der Waals surface area contributed by atoms with Crippen LogP contribution in [0.5, 0.6) is 0 Å². The van der Waals surface area contributed by atoms with E-state index in [-0.39, 0.29) is 28.5 Å². The van der Waals surface area contributed by atoms with Gasteiger partial charge in [-0.1, -0.05) is 50.6 Å². The number of rotatable bonds is 5. The number of nitrogens with one attached hydrogen (secondary N) is 1. The molecule has 2 aromatic heterocycles. The van der Waals surface area contributed by atoms with Gasteiger partial charge in [0.2, 0.25) is 5.91 Å². The van der Waals surface area contributed by atoms with Crippen molar-refractivity contribution in [2.45, 2.75) is 33.7 Å². The van der Waals surface area contributed by atoms with E-state index in [9.17, 15) is 14.7 Å².